The van der Waals surface area contributed by atoms with Crippen LogP contribution < -0.4 is 0 Å². The fourth-order valence-corrected chi connectivity index (χ4v) is 12.8. The van der Waals surface area contributed by atoms with E-state index in [1.165, 1.54) is 33.5 Å². The van der Waals surface area contributed by atoms with E-state index in [0.717, 1.165) is 6.08 Å². The molecule has 0 aromatic rings. The Hall–Kier alpha value is -2.50. The molecule has 4 saturated carbocycles. The number of aliphatic hydroxyl groups excluding tert-OH is 13. The summed E-state index contributed by atoms with van der Waals surface area (Å²) in [7, 11) is 4.36. The van der Waals surface area contributed by atoms with Crippen LogP contribution in [-0.4, -0.2) is 283 Å². The fourth-order valence-electron chi connectivity index (χ4n) is 12.8. The second kappa shape index (κ2) is 28.6. The van der Waals surface area contributed by atoms with E-state index < -0.39 is 203 Å². The van der Waals surface area contributed by atoms with Crippen molar-refractivity contribution in [1.82, 2.24) is 0 Å². The Kier molecular flexibility index (Phi) is 22.7. The molecule has 458 valence electrons. The summed E-state index contributed by atoms with van der Waals surface area (Å²) in [5.74, 6) is -3.40. The number of esters is 2. The molecule has 0 amide bonds. The Balaban J connectivity index is 1.06. The van der Waals surface area contributed by atoms with E-state index in [0.29, 0.717) is 38.5 Å². The molecule has 0 aromatic heterocycles. The molecule has 27 heteroatoms. The molecule has 0 aromatic carbocycles. The average molecular weight is 1150 g/mol. The average Bonchev–Trinajstić information content (AvgIpc) is 3.47. The lowest BCUT2D eigenvalue weighted by molar-refractivity contribution is -0.385. The molecule has 0 spiro atoms. The first-order valence-electron chi connectivity index (χ1n) is 27.9. The van der Waals surface area contributed by atoms with E-state index >= 15 is 0 Å². The van der Waals surface area contributed by atoms with Crippen molar-refractivity contribution in [3.63, 3.8) is 0 Å². The summed E-state index contributed by atoms with van der Waals surface area (Å²) in [6.45, 7) is -1.93. The third kappa shape index (κ3) is 14.9. The SMILES string of the molecule is COC1CC(C=CC(=O)OCC2OC(OC3CC4C(OC5OC(CO)C(O)C(O)C5O)CC(O)CC4[OH+]C3C3CCC(O)C(O)C3)C(OC3OCC(O)C(O)C3OC(=O)C=CC3CC(OC)C(O)C(OC)C3)C(O)C2O)CCC1O. The first-order chi connectivity index (χ1) is 38.2. The van der Waals surface area contributed by atoms with Crippen LogP contribution in [0.3, 0.4) is 0 Å². The number of hydrogen-bond donors (Lipinski definition) is 13. The molecule has 4 heterocycles. The molecule has 4 aliphatic carbocycles. The number of aliphatic hydroxyl groups is 15. The van der Waals surface area contributed by atoms with Gasteiger partial charge >= 0.3 is 11.9 Å². The van der Waals surface area contributed by atoms with Crippen molar-refractivity contribution >= 4 is 11.9 Å². The van der Waals surface area contributed by atoms with Crippen molar-refractivity contribution in [3.05, 3.63) is 24.3 Å². The number of carbonyl (C=O) groups is 2. The number of carbonyl (C=O) groups excluding carboxylic acids is 2. The number of hydrogen-bond acceptors (Lipinski definition) is 26. The fraction of sp³-hybridized carbons (Fsp3) is 0.887. The van der Waals surface area contributed by atoms with Crippen LogP contribution in [0.5, 0.6) is 0 Å². The predicted octanol–water partition coefficient (Wildman–Crippen LogP) is -5.03. The van der Waals surface area contributed by atoms with Gasteiger partial charge in [0.15, 0.2) is 37.2 Å². The number of allylic oxidation sites excluding steroid dienone is 2. The van der Waals surface area contributed by atoms with Crippen LogP contribution in [0.25, 0.3) is 0 Å². The van der Waals surface area contributed by atoms with E-state index in [-0.39, 0.29) is 43.9 Å². The standard InChI is InChI=1S/C53H84O27/c1-69-33-12-22(4-8-28(33)57)5-10-39(60)72-21-38-44(65)46(67)50(80-52-49(41(62)30(59)20-73-52)79-40(61)11-6-23-13-34(70-2)42(63)35(14-23)71-3)53(78-38)76-36-18-26-31(74-48(36)24-7-9-27(56)29(58)15-24)16-25(55)17-32(26)75-51-47(68)45(66)43(64)37(19-54)77-51/h5-6,10-11,22-38,41-59,62-68H,4,7-9,12-21H2,1-3H3/p+1. The normalized spacial score (nSPS) is 48.6. The molecule has 0 radical (unpaired) electrons. The highest BCUT2D eigenvalue weighted by atomic mass is 16.8. The molecular weight excluding hydrogens is 1070 g/mol. The molecule has 8 fully saturated rings. The maximum Gasteiger partial charge on any atom is 0.330 e. The van der Waals surface area contributed by atoms with Gasteiger partial charge < -0.3 is 123 Å². The van der Waals surface area contributed by atoms with Crippen molar-refractivity contribution < 1.29 is 133 Å². The zero-order valence-corrected chi connectivity index (χ0v) is 45.1. The summed E-state index contributed by atoms with van der Waals surface area (Å²) in [4.78, 5) is 26.8. The highest BCUT2D eigenvalue weighted by molar-refractivity contribution is 5.82. The molecule has 80 heavy (non-hydrogen) atoms. The number of ether oxygens (including phenoxy) is 12. The second-order valence-corrected chi connectivity index (χ2v) is 22.8. The second-order valence-electron chi connectivity index (χ2n) is 22.8. The molecule has 14 N–H and O–H groups in total. The molecule has 28 unspecified atom stereocenters. The van der Waals surface area contributed by atoms with Crippen molar-refractivity contribution in [3.8, 4) is 0 Å². The minimum absolute atomic E-state index is 0.0220. The molecule has 27 nitrogen and oxygen atoms in total. The maximum atomic E-state index is 13.5. The van der Waals surface area contributed by atoms with Crippen LogP contribution in [0.1, 0.15) is 70.6 Å². The topological polar surface area (TPSA) is 411 Å². The van der Waals surface area contributed by atoms with Crippen LogP contribution in [0.4, 0.5) is 0 Å². The van der Waals surface area contributed by atoms with Gasteiger partial charge in [0.2, 0.25) is 0 Å². The summed E-state index contributed by atoms with van der Waals surface area (Å²) in [6.07, 6.45) is -25.7. The summed E-state index contributed by atoms with van der Waals surface area (Å²) in [5.41, 5.74) is 0. The largest absolute Gasteiger partial charge is 0.460 e. The smallest absolute Gasteiger partial charge is 0.330 e. The number of rotatable bonds is 18. The maximum absolute atomic E-state index is 13.5. The van der Waals surface area contributed by atoms with Crippen LogP contribution in [0.15, 0.2) is 24.3 Å². The third-order valence-corrected chi connectivity index (χ3v) is 17.6. The molecule has 4 saturated heterocycles. The van der Waals surface area contributed by atoms with Crippen LogP contribution >= 0.6 is 0 Å². The zero-order chi connectivity index (χ0) is 57.7. The molecule has 8 aliphatic rings. The Labute approximate surface area is 462 Å². The molecular formula is C53H85O27+. The summed E-state index contributed by atoms with van der Waals surface area (Å²) >= 11 is 0. The zero-order valence-electron chi connectivity index (χ0n) is 45.1. The first-order valence-corrected chi connectivity index (χ1v) is 27.9. The van der Waals surface area contributed by atoms with E-state index in [1.54, 1.807) is 6.08 Å². The van der Waals surface area contributed by atoms with Crippen molar-refractivity contribution in [2.45, 2.75) is 230 Å². The number of fused-ring (bicyclic) bond motifs is 1. The highest BCUT2D eigenvalue weighted by Crippen LogP contribution is 2.45. The minimum atomic E-state index is -1.98. The van der Waals surface area contributed by atoms with E-state index in [4.69, 9.17) is 56.8 Å². The predicted molar refractivity (Wildman–Crippen MR) is 267 cm³/mol. The monoisotopic (exact) mass is 1150 g/mol. The van der Waals surface area contributed by atoms with E-state index in [2.05, 4.69) is 0 Å². The van der Waals surface area contributed by atoms with Crippen LogP contribution in [0, 0.1) is 23.7 Å². The number of methoxy groups -OCH3 is 3. The van der Waals surface area contributed by atoms with Gasteiger partial charge in [0, 0.05) is 52.2 Å². The third-order valence-electron chi connectivity index (χ3n) is 17.6. The Morgan fingerprint density at radius 3 is 1.85 bits per heavy atom. The lowest BCUT2D eigenvalue weighted by Gasteiger charge is -2.50. The minimum Gasteiger partial charge on any atom is -0.460 e. The lowest BCUT2D eigenvalue weighted by atomic mass is 9.72. The Morgan fingerprint density at radius 2 is 1.16 bits per heavy atom. The molecule has 8 rings (SSSR count). The van der Waals surface area contributed by atoms with Crippen molar-refractivity contribution in [1.29, 1.82) is 0 Å². The van der Waals surface area contributed by atoms with Gasteiger partial charge in [-0.2, -0.15) is 0 Å². The summed E-state index contributed by atoms with van der Waals surface area (Å²) in [6, 6.07) is 0. The molecule has 28 atom stereocenters. The van der Waals surface area contributed by atoms with Gasteiger partial charge in [-0.15, -0.1) is 0 Å². The van der Waals surface area contributed by atoms with E-state index in [9.17, 15) is 76.0 Å². The van der Waals surface area contributed by atoms with Gasteiger partial charge in [0.25, 0.3) is 0 Å². The van der Waals surface area contributed by atoms with Crippen molar-refractivity contribution in [2.24, 2.45) is 23.7 Å². The van der Waals surface area contributed by atoms with Gasteiger partial charge in [0.05, 0.1) is 68.0 Å². The Morgan fingerprint density at radius 1 is 0.525 bits per heavy atom. The van der Waals surface area contributed by atoms with Crippen molar-refractivity contribution in [2.75, 3.05) is 41.2 Å². The van der Waals surface area contributed by atoms with E-state index in [1.807, 2.05) is 0 Å². The van der Waals surface area contributed by atoms with Crippen LogP contribution in [0.2, 0.25) is 0 Å². The van der Waals surface area contributed by atoms with Gasteiger partial charge in [-0.25, -0.2) is 9.59 Å². The summed E-state index contributed by atoms with van der Waals surface area (Å²) in [5, 5.41) is 142. The van der Waals surface area contributed by atoms with Gasteiger partial charge in [-0.1, -0.05) is 12.2 Å². The first kappa shape index (κ1) is 63.5. The summed E-state index contributed by atoms with van der Waals surface area (Å²) < 4.78 is 70.1. The molecule has 4 aliphatic heterocycles. The quantitative estimate of drug-likeness (QED) is 0.0347. The lowest BCUT2D eigenvalue weighted by Crippen LogP contribution is -2.66. The van der Waals surface area contributed by atoms with Gasteiger partial charge in [-0.05, 0) is 69.6 Å². The highest BCUT2D eigenvalue weighted by Gasteiger charge is 2.58. The Bertz CT molecular complexity index is 2000. The van der Waals surface area contributed by atoms with Crippen LogP contribution in [-0.2, 0) is 61.7 Å². The van der Waals surface area contributed by atoms with Gasteiger partial charge in [0.1, 0.15) is 79.9 Å². The van der Waals surface area contributed by atoms with Gasteiger partial charge in [-0.3, -0.25) is 0 Å². The molecule has 0 bridgehead atoms.